The van der Waals surface area contributed by atoms with Gasteiger partial charge in [0.15, 0.2) is 0 Å². The lowest BCUT2D eigenvalue weighted by atomic mass is 9.93. The Kier molecular flexibility index (Phi) is 4.70. The Bertz CT molecular complexity index is 1040. The van der Waals surface area contributed by atoms with Crippen molar-refractivity contribution in [2.75, 3.05) is 14.2 Å². The van der Waals surface area contributed by atoms with Crippen LogP contribution in [0.5, 0.6) is 11.5 Å². The number of hydrogen-bond acceptors (Lipinski definition) is 4. The molecule has 3 aromatic carbocycles. The van der Waals surface area contributed by atoms with Crippen molar-refractivity contribution in [2.24, 2.45) is 0 Å². The van der Waals surface area contributed by atoms with E-state index in [9.17, 15) is 0 Å². The lowest BCUT2D eigenvalue weighted by Crippen LogP contribution is -1.96. The molecule has 0 atom stereocenters. The fourth-order valence-electron chi connectivity index (χ4n) is 3.30. The molecule has 0 radical (unpaired) electrons. The van der Waals surface area contributed by atoms with E-state index in [4.69, 9.17) is 19.4 Å². The Hall–Kier alpha value is -3.40. The van der Waals surface area contributed by atoms with Crippen LogP contribution in [0.2, 0.25) is 0 Å². The first-order chi connectivity index (χ1) is 13.6. The molecule has 0 aliphatic carbocycles. The van der Waals surface area contributed by atoms with Gasteiger partial charge in [-0.2, -0.15) is 0 Å². The predicted octanol–water partition coefficient (Wildman–Crippen LogP) is 5.60. The second-order valence-corrected chi connectivity index (χ2v) is 6.74. The first kappa shape index (κ1) is 18.0. The molecular formula is C24H22N2O2. The maximum atomic E-state index is 5.31. The van der Waals surface area contributed by atoms with E-state index in [1.54, 1.807) is 14.2 Å². The van der Waals surface area contributed by atoms with Crippen LogP contribution < -0.4 is 9.47 Å². The van der Waals surface area contributed by atoms with Gasteiger partial charge in [0.1, 0.15) is 11.5 Å². The molecule has 0 spiro atoms. The summed E-state index contributed by atoms with van der Waals surface area (Å²) in [6.07, 6.45) is 0. The summed E-state index contributed by atoms with van der Waals surface area (Å²) in [4.78, 5) is 9.50. The van der Waals surface area contributed by atoms with E-state index in [-0.39, 0.29) is 0 Å². The summed E-state index contributed by atoms with van der Waals surface area (Å²) in [6.45, 7) is 3.98. The topological polar surface area (TPSA) is 44.2 Å². The zero-order valence-electron chi connectivity index (χ0n) is 16.5. The summed E-state index contributed by atoms with van der Waals surface area (Å²) >= 11 is 0. The lowest BCUT2D eigenvalue weighted by Gasteiger charge is -2.14. The van der Waals surface area contributed by atoms with E-state index in [0.29, 0.717) is 0 Å². The first-order valence-electron chi connectivity index (χ1n) is 9.17. The average Bonchev–Trinajstić information content (AvgIpc) is 2.74. The van der Waals surface area contributed by atoms with Gasteiger partial charge in [-0.05, 0) is 72.5 Å². The van der Waals surface area contributed by atoms with Crippen molar-refractivity contribution in [1.29, 1.82) is 0 Å². The third-order valence-corrected chi connectivity index (χ3v) is 5.02. The minimum Gasteiger partial charge on any atom is -0.497 e. The number of benzene rings is 3. The highest BCUT2D eigenvalue weighted by Gasteiger charge is 2.13. The molecule has 1 aromatic heterocycles. The Morgan fingerprint density at radius 2 is 0.929 bits per heavy atom. The van der Waals surface area contributed by atoms with Crippen molar-refractivity contribution in [3.63, 3.8) is 0 Å². The highest BCUT2D eigenvalue weighted by Crippen LogP contribution is 2.36. The highest BCUT2D eigenvalue weighted by molar-refractivity contribution is 5.93. The molecule has 0 aliphatic heterocycles. The third-order valence-electron chi connectivity index (χ3n) is 5.02. The molecule has 0 saturated heterocycles. The van der Waals surface area contributed by atoms with Crippen molar-refractivity contribution in [3.8, 4) is 33.8 Å². The zero-order chi connectivity index (χ0) is 19.7. The summed E-state index contributed by atoms with van der Waals surface area (Å²) in [5.74, 6) is 1.67. The Morgan fingerprint density at radius 3 is 1.25 bits per heavy atom. The van der Waals surface area contributed by atoms with Crippen LogP contribution in [0.3, 0.4) is 0 Å². The molecule has 0 saturated carbocycles. The van der Waals surface area contributed by atoms with Gasteiger partial charge in [0.2, 0.25) is 0 Å². The smallest absolute Gasteiger partial charge is 0.118 e. The molecule has 0 aliphatic rings. The molecule has 140 valence electrons. The van der Waals surface area contributed by atoms with Gasteiger partial charge in [-0.3, -0.25) is 0 Å². The van der Waals surface area contributed by atoms with Gasteiger partial charge >= 0.3 is 0 Å². The number of nitrogens with zero attached hydrogens (tertiary/aromatic N) is 2. The molecule has 4 aromatic rings. The van der Waals surface area contributed by atoms with Gasteiger partial charge in [-0.1, -0.05) is 24.3 Å². The first-order valence-corrected chi connectivity index (χ1v) is 9.17. The predicted molar refractivity (Wildman–Crippen MR) is 113 cm³/mol. The van der Waals surface area contributed by atoms with E-state index in [0.717, 1.165) is 56.2 Å². The highest BCUT2D eigenvalue weighted by atomic mass is 16.5. The van der Waals surface area contributed by atoms with Crippen molar-refractivity contribution in [1.82, 2.24) is 9.97 Å². The zero-order valence-corrected chi connectivity index (χ0v) is 16.5. The second kappa shape index (κ2) is 7.31. The van der Waals surface area contributed by atoms with Gasteiger partial charge in [0.05, 0.1) is 36.6 Å². The molecule has 1 heterocycles. The molecule has 0 N–H and O–H groups in total. The summed E-state index contributed by atoms with van der Waals surface area (Å²) in [7, 11) is 3.35. The standard InChI is InChI=1S/C24H22N2O2/c1-15-16(2)26-24-14-22(18-7-11-20(28-4)12-8-18)21(13-23(24)25-15)17-5-9-19(27-3)10-6-17/h5-14H,1-4H3. The van der Waals surface area contributed by atoms with Crippen molar-refractivity contribution in [2.45, 2.75) is 13.8 Å². The van der Waals surface area contributed by atoms with Gasteiger partial charge in [-0.15, -0.1) is 0 Å². The van der Waals surface area contributed by atoms with Crippen molar-refractivity contribution >= 4 is 11.0 Å². The molecule has 0 amide bonds. The normalized spacial score (nSPS) is 10.9. The van der Waals surface area contributed by atoms with Gasteiger partial charge in [0, 0.05) is 0 Å². The van der Waals surface area contributed by atoms with Crippen LogP contribution in [-0.2, 0) is 0 Å². The van der Waals surface area contributed by atoms with Crippen LogP contribution in [-0.4, -0.2) is 24.2 Å². The van der Waals surface area contributed by atoms with Gasteiger partial charge in [0.25, 0.3) is 0 Å². The third kappa shape index (κ3) is 3.29. The minimum absolute atomic E-state index is 0.835. The monoisotopic (exact) mass is 370 g/mol. The quantitative estimate of drug-likeness (QED) is 0.469. The van der Waals surface area contributed by atoms with E-state index in [1.807, 2.05) is 38.1 Å². The second-order valence-electron chi connectivity index (χ2n) is 6.74. The number of aromatic nitrogens is 2. The SMILES string of the molecule is COc1ccc(-c2cc3nc(C)c(C)nc3cc2-c2ccc(OC)cc2)cc1. The number of methoxy groups -OCH3 is 2. The fraction of sp³-hybridized carbons (Fsp3) is 0.167. The summed E-state index contributed by atoms with van der Waals surface area (Å²) in [5, 5.41) is 0. The van der Waals surface area contributed by atoms with Crippen LogP contribution in [0.1, 0.15) is 11.4 Å². The average molecular weight is 370 g/mol. The van der Waals surface area contributed by atoms with Crippen molar-refractivity contribution < 1.29 is 9.47 Å². The summed E-state index contributed by atoms with van der Waals surface area (Å²) in [6, 6.07) is 20.4. The van der Waals surface area contributed by atoms with Gasteiger partial charge < -0.3 is 9.47 Å². The maximum Gasteiger partial charge on any atom is 0.118 e. The lowest BCUT2D eigenvalue weighted by molar-refractivity contribution is 0.414. The van der Waals surface area contributed by atoms with Crippen LogP contribution in [0.4, 0.5) is 0 Å². The Labute approximate surface area is 164 Å². The maximum absolute atomic E-state index is 5.31. The van der Waals surface area contributed by atoms with Gasteiger partial charge in [-0.25, -0.2) is 9.97 Å². The molecule has 4 heteroatoms. The Morgan fingerprint density at radius 1 is 0.571 bits per heavy atom. The molecule has 4 nitrogen and oxygen atoms in total. The van der Waals surface area contributed by atoms with Crippen LogP contribution in [0.25, 0.3) is 33.3 Å². The summed E-state index contributed by atoms with van der Waals surface area (Å²) < 4.78 is 10.6. The van der Waals surface area contributed by atoms with E-state index in [2.05, 4.69) is 36.4 Å². The molecular weight excluding hydrogens is 348 g/mol. The number of fused-ring (bicyclic) bond motifs is 1. The number of ether oxygens (including phenoxy) is 2. The molecule has 0 bridgehead atoms. The van der Waals surface area contributed by atoms with Crippen LogP contribution in [0, 0.1) is 13.8 Å². The van der Waals surface area contributed by atoms with Crippen LogP contribution in [0.15, 0.2) is 60.7 Å². The summed E-state index contributed by atoms with van der Waals surface area (Å²) in [5.41, 5.74) is 8.12. The van der Waals surface area contributed by atoms with E-state index < -0.39 is 0 Å². The van der Waals surface area contributed by atoms with Crippen molar-refractivity contribution in [3.05, 3.63) is 72.1 Å². The Balaban J connectivity index is 1.96. The number of rotatable bonds is 4. The largest absolute Gasteiger partial charge is 0.497 e. The molecule has 0 unspecified atom stereocenters. The van der Waals surface area contributed by atoms with E-state index in [1.165, 1.54) is 0 Å². The molecule has 4 rings (SSSR count). The number of hydrogen-bond donors (Lipinski definition) is 0. The molecule has 28 heavy (non-hydrogen) atoms. The molecule has 0 fully saturated rings. The number of aryl methyl sites for hydroxylation is 2. The van der Waals surface area contributed by atoms with Crippen LogP contribution >= 0.6 is 0 Å². The minimum atomic E-state index is 0.835. The van der Waals surface area contributed by atoms with E-state index >= 15 is 0 Å². The fourth-order valence-corrected chi connectivity index (χ4v) is 3.30.